The molecule has 3 N–H and O–H groups in total. The predicted octanol–water partition coefficient (Wildman–Crippen LogP) is 6.35. The van der Waals surface area contributed by atoms with Gasteiger partial charge in [-0.25, -0.2) is 0 Å². The summed E-state index contributed by atoms with van der Waals surface area (Å²) in [5.74, 6) is -0.882. The molecule has 5 rings (SSSR count). The van der Waals surface area contributed by atoms with Crippen LogP contribution in [0.4, 0.5) is 18.9 Å². The Hall–Kier alpha value is -4.59. The third kappa shape index (κ3) is 5.86. The van der Waals surface area contributed by atoms with Crippen molar-refractivity contribution in [3.05, 3.63) is 124 Å². The maximum atomic E-state index is 13.3. The number of halogens is 3. The number of nitrogens with zero attached hydrogens (tertiary/aromatic N) is 1. The van der Waals surface area contributed by atoms with Gasteiger partial charge in [0, 0.05) is 36.4 Å². The third-order valence-corrected chi connectivity index (χ3v) is 7.15. The van der Waals surface area contributed by atoms with Crippen LogP contribution in [0, 0.1) is 0 Å². The average Bonchev–Trinajstić information content (AvgIpc) is 2.96. The van der Waals surface area contributed by atoms with E-state index < -0.39 is 23.6 Å². The molecule has 8 heteroatoms. The number of hydrogen-bond acceptors (Lipinski definition) is 3. The van der Waals surface area contributed by atoms with Crippen molar-refractivity contribution in [1.29, 1.82) is 0 Å². The van der Waals surface area contributed by atoms with Crippen molar-refractivity contribution in [2.75, 3.05) is 11.4 Å². The first-order valence-corrected chi connectivity index (χ1v) is 13.0. The highest BCUT2D eigenvalue weighted by atomic mass is 19.4. The SMILES string of the molecule is NC(=O)c1ccccc1-c1ccc(CN2CCCc3cc(C(=O)NCc4ccccc4C(F)(F)F)ccc32)cc1. The molecule has 0 spiro atoms. The number of benzene rings is 4. The van der Waals surface area contributed by atoms with Crippen molar-refractivity contribution < 1.29 is 22.8 Å². The van der Waals surface area contributed by atoms with E-state index in [-0.39, 0.29) is 12.1 Å². The fraction of sp³-hybridized carbons (Fsp3) is 0.188. The van der Waals surface area contributed by atoms with E-state index in [1.807, 2.05) is 48.5 Å². The van der Waals surface area contributed by atoms with Gasteiger partial charge >= 0.3 is 6.18 Å². The molecule has 40 heavy (non-hydrogen) atoms. The Bertz CT molecular complexity index is 1550. The van der Waals surface area contributed by atoms with Gasteiger partial charge in [0.25, 0.3) is 5.91 Å². The first-order valence-electron chi connectivity index (χ1n) is 13.0. The molecule has 0 aliphatic carbocycles. The van der Waals surface area contributed by atoms with Crippen LogP contribution in [0.15, 0.2) is 91.0 Å². The summed E-state index contributed by atoms with van der Waals surface area (Å²) in [5, 5.41) is 2.63. The number of nitrogens with two attached hydrogens (primary N) is 1. The number of anilines is 1. The highest BCUT2D eigenvalue weighted by Gasteiger charge is 2.32. The molecule has 0 atom stereocenters. The number of rotatable bonds is 7. The number of alkyl halides is 3. The second-order valence-corrected chi connectivity index (χ2v) is 9.81. The summed E-state index contributed by atoms with van der Waals surface area (Å²) in [6.45, 7) is 1.32. The fourth-order valence-electron chi connectivity index (χ4n) is 5.17. The van der Waals surface area contributed by atoms with Crippen molar-refractivity contribution in [2.45, 2.75) is 32.1 Å². The van der Waals surface area contributed by atoms with Gasteiger partial charge in [0.05, 0.1) is 5.56 Å². The third-order valence-electron chi connectivity index (χ3n) is 7.15. The minimum atomic E-state index is -4.48. The topological polar surface area (TPSA) is 75.4 Å². The Balaban J connectivity index is 1.28. The van der Waals surface area contributed by atoms with E-state index in [1.54, 1.807) is 18.2 Å². The van der Waals surface area contributed by atoms with Crippen molar-refractivity contribution in [3.8, 4) is 11.1 Å². The molecule has 0 fully saturated rings. The van der Waals surface area contributed by atoms with Crippen molar-refractivity contribution in [3.63, 3.8) is 0 Å². The monoisotopic (exact) mass is 543 g/mol. The number of fused-ring (bicyclic) bond motifs is 1. The summed E-state index contributed by atoms with van der Waals surface area (Å²) in [5.41, 5.74) is 10.6. The van der Waals surface area contributed by atoms with Crippen LogP contribution in [0.3, 0.4) is 0 Å². The number of carbonyl (C=O) groups excluding carboxylic acids is 2. The second kappa shape index (κ2) is 11.3. The Morgan fingerprint density at radius 2 is 1.62 bits per heavy atom. The first-order chi connectivity index (χ1) is 19.2. The van der Waals surface area contributed by atoms with Crippen molar-refractivity contribution >= 4 is 17.5 Å². The van der Waals surface area contributed by atoms with Gasteiger partial charge < -0.3 is 16.0 Å². The van der Waals surface area contributed by atoms with Gasteiger partial charge in [-0.05, 0) is 71.0 Å². The van der Waals surface area contributed by atoms with E-state index in [1.165, 1.54) is 18.2 Å². The minimum absolute atomic E-state index is 0.0246. The zero-order chi connectivity index (χ0) is 28.3. The van der Waals surface area contributed by atoms with Gasteiger partial charge in [-0.2, -0.15) is 13.2 Å². The summed E-state index contributed by atoms with van der Waals surface area (Å²) in [4.78, 5) is 26.9. The number of carbonyl (C=O) groups is 2. The lowest BCUT2D eigenvalue weighted by Crippen LogP contribution is -2.29. The zero-order valence-electron chi connectivity index (χ0n) is 21.7. The van der Waals surface area contributed by atoms with Crippen LogP contribution in [0.25, 0.3) is 11.1 Å². The first kappa shape index (κ1) is 27.0. The average molecular weight is 544 g/mol. The molecule has 1 heterocycles. The van der Waals surface area contributed by atoms with Gasteiger partial charge in [-0.15, -0.1) is 0 Å². The lowest BCUT2D eigenvalue weighted by atomic mass is 9.97. The minimum Gasteiger partial charge on any atom is -0.367 e. The highest BCUT2D eigenvalue weighted by Crippen LogP contribution is 2.33. The number of amides is 2. The Morgan fingerprint density at radius 3 is 2.38 bits per heavy atom. The predicted molar refractivity (Wildman–Crippen MR) is 149 cm³/mol. The summed E-state index contributed by atoms with van der Waals surface area (Å²) in [6, 6.07) is 26.0. The van der Waals surface area contributed by atoms with E-state index in [0.717, 1.165) is 53.4 Å². The number of aryl methyl sites for hydroxylation is 1. The highest BCUT2D eigenvalue weighted by molar-refractivity contribution is 5.99. The molecule has 0 saturated carbocycles. The molecule has 0 radical (unpaired) electrons. The Kier molecular flexibility index (Phi) is 7.60. The molecule has 4 aromatic rings. The van der Waals surface area contributed by atoms with E-state index in [4.69, 9.17) is 5.73 Å². The summed E-state index contributed by atoms with van der Waals surface area (Å²) >= 11 is 0. The van der Waals surface area contributed by atoms with Gasteiger partial charge in [-0.1, -0.05) is 60.7 Å². The molecular weight excluding hydrogens is 515 g/mol. The molecular formula is C32H28F3N3O2. The molecule has 2 amide bonds. The van der Waals surface area contributed by atoms with Crippen molar-refractivity contribution in [2.24, 2.45) is 5.73 Å². The molecule has 1 aliphatic rings. The van der Waals surface area contributed by atoms with E-state index in [0.29, 0.717) is 17.7 Å². The number of hydrogen-bond donors (Lipinski definition) is 2. The molecule has 204 valence electrons. The smallest absolute Gasteiger partial charge is 0.367 e. The fourth-order valence-corrected chi connectivity index (χ4v) is 5.17. The molecule has 0 bridgehead atoms. The summed E-state index contributed by atoms with van der Waals surface area (Å²) in [6.07, 6.45) is -2.75. The Labute approximate surface area is 230 Å². The molecule has 0 saturated heterocycles. The standard InChI is InChI=1S/C32H28F3N3O2/c33-32(34,35)28-10-4-1-6-25(28)19-37-31(40)24-15-16-29-23(18-24)7-5-17-38(29)20-21-11-13-22(14-12-21)26-8-2-3-9-27(26)30(36)39/h1-4,6,8-16,18H,5,7,17,19-20H2,(H2,36,39)(H,37,40). The summed E-state index contributed by atoms with van der Waals surface area (Å²) in [7, 11) is 0. The normalized spacial score (nSPS) is 13.0. The van der Waals surface area contributed by atoms with Crippen LogP contribution in [-0.2, 0) is 25.7 Å². The van der Waals surface area contributed by atoms with Crippen LogP contribution < -0.4 is 16.0 Å². The van der Waals surface area contributed by atoms with Crippen LogP contribution in [0.1, 0.15) is 49.4 Å². The lowest BCUT2D eigenvalue weighted by Gasteiger charge is -2.32. The number of nitrogens with one attached hydrogen (secondary N) is 1. The van der Waals surface area contributed by atoms with Gasteiger partial charge in [0.1, 0.15) is 0 Å². The van der Waals surface area contributed by atoms with Crippen LogP contribution in [0.2, 0.25) is 0 Å². The Morgan fingerprint density at radius 1 is 0.900 bits per heavy atom. The van der Waals surface area contributed by atoms with Crippen LogP contribution in [-0.4, -0.2) is 18.4 Å². The quantitative estimate of drug-likeness (QED) is 0.285. The van der Waals surface area contributed by atoms with E-state index in [9.17, 15) is 22.8 Å². The van der Waals surface area contributed by atoms with Crippen molar-refractivity contribution in [1.82, 2.24) is 5.32 Å². The second-order valence-electron chi connectivity index (χ2n) is 9.81. The lowest BCUT2D eigenvalue weighted by molar-refractivity contribution is -0.138. The molecule has 5 nitrogen and oxygen atoms in total. The summed E-state index contributed by atoms with van der Waals surface area (Å²) < 4.78 is 39.9. The zero-order valence-corrected chi connectivity index (χ0v) is 21.7. The van der Waals surface area contributed by atoms with E-state index >= 15 is 0 Å². The molecule has 0 unspecified atom stereocenters. The van der Waals surface area contributed by atoms with Gasteiger partial charge in [-0.3, -0.25) is 9.59 Å². The van der Waals surface area contributed by atoms with E-state index in [2.05, 4.69) is 10.2 Å². The largest absolute Gasteiger partial charge is 0.416 e. The van der Waals surface area contributed by atoms with Gasteiger partial charge in [0.2, 0.25) is 5.91 Å². The molecule has 4 aromatic carbocycles. The van der Waals surface area contributed by atoms with Crippen LogP contribution in [0.5, 0.6) is 0 Å². The number of primary amides is 1. The molecule has 0 aromatic heterocycles. The van der Waals surface area contributed by atoms with Crippen LogP contribution >= 0.6 is 0 Å². The molecule has 1 aliphatic heterocycles. The maximum Gasteiger partial charge on any atom is 0.416 e. The maximum absolute atomic E-state index is 13.3. The van der Waals surface area contributed by atoms with Gasteiger partial charge in [0.15, 0.2) is 0 Å².